The first-order valence-electron chi connectivity index (χ1n) is 4.96. The van der Waals surface area contributed by atoms with E-state index in [0.717, 1.165) is 5.56 Å². The van der Waals surface area contributed by atoms with E-state index in [1.54, 1.807) is 19.1 Å². The number of ether oxygens (including phenoxy) is 1. The molecule has 16 heavy (non-hydrogen) atoms. The zero-order valence-electron chi connectivity index (χ0n) is 9.10. The second-order valence-corrected chi connectivity index (χ2v) is 3.38. The molecule has 1 rings (SSSR count). The number of unbranched alkanes of at least 4 members (excludes halogenated alkanes) is 1. The van der Waals surface area contributed by atoms with E-state index < -0.39 is 4.92 Å². The topological polar surface area (TPSA) is 52.4 Å². The summed E-state index contributed by atoms with van der Waals surface area (Å²) in [6.45, 7) is 2.20. The number of hydrogen-bond donors (Lipinski definition) is 0. The van der Waals surface area contributed by atoms with Gasteiger partial charge in [-0.1, -0.05) is 6.07 Å². The van der Waals surface area contributed by atoms with Gasteiger partial charge in [0.2, 0.25) is 0 Å². The molecule has 0 bridgehead atoms. The molecule has 0 aliphatic carbocycles. The molecule has 0 aromatic heterocycles. The number of terminal acetylenes is 1. The van der Waals surface area contributed by atoms with Crippen molar-refractivity contribution < 1.29 is 9.66 Å². The van der Waals surface area contributed by atoms with Gasteiger partial charge in [0, 0.05) is 12.5 Å². The Morgan fingerprint density at radius 1 is 1.56 bits per heavy atom. The van der Waals surface area contributed by atoms with E-state index in [1.165, 1.54) is 6.07 Å². The number of aryl methyl sites for hydroxylation is 1. The van der Waals surface area contributed by atoms with Crippen LogP contribution in [0.25, 0.3) is 0 Å². The molecule has 84 valence electrons. The Bertz CT molecular complexity index is 421. The molecule has 0 saturated heterocycles. The van der Waals surface area contributed by atoms with Crippen LogP contribution in [-0.2, 0) is 0 Å². The van der Waals surface area contributed by atoms with Gasteiger partial charge in [0.15, 0.2) is 5.75 Å². The fraction of sp³-hybridized carbons (Fsp3) is 0.333. The van der Waals surface area contributed by atoms with E-state index in [0.29, 0.717) is 25.2 Å². The van der Waals surface area contributed by atoms with Crippen molar-refractivity contribution in [1.82, 2.24) is 0 Å². The van der Waals surface area contributed by atoms with Crippen molar-refractivity contribution in [2.24, 2.45) is 0 Å². The molecule has 0 spiro atoms. The quantitative estimate of drug-likeness (QED) is 0.331. The molecule has 0 fully saturated rings. The average Bonchev–Trinajstić information content (AvgIpc) is 2.26. The molecule has 0 aliphatic heterocycles. The third-order valence-electron chi connectivity index (χ3n) is 2.03. The molecule has 0 unspecified atom stereocenters. The number of hydrogen-bond acceptors (Lipinski definition) is 3. The molecule has 0 atom stereocenters. The number of benzene rings is 1. The van der Waals surface area contributed by atoms with Crippen LogP contribution in [-0.4, -0.2) is 11.5 Å². The average molecular weight is 219 g/mol. The Morgan fingerprint density at radius 3 is 2.94 bits per heavy atom. The van der Waals surface area contributed by atoms with Crippen LogP contribution in [0, 0.1) is 29.4 Å². The maximum Gasteiger partial charge on any atom is 0.311 e. The number of nitro benzene ring substituents is 1. The van der Waals surface area contributed by atoms with Crippen molar-refractivity contribution in [3.8, 4) is 18.1 Å². The molecule has 1 aromatic rings. The Labute approximate surface area is 94.4 Å². The van der Waals surface area contributed by atoms with Crippen molar-refractivity contribution in [2.45, 2.75) is 19.8 Å². The minimum Gasteiger partial charge on any atom is -0.487 e. The van der Waals surface area contributed by atoms with Crippen molar-refractivity contribution in [1.29, 1.82) is 0 Å². The summed E-state index contributed by atoms with van der Waals surface area (Å²) in [7, 11) is 0. The molecular formula is C12H13NO3. The third-order valence-corrected chi connectivity index (χ3v) is 2.03. The summed E-state index contributed by atoms with van der Waals surface area (Å²) in [6, 6.07) is 4.89. The van der Waals surface area contributed by atoms with Crippen LogP contribution < -0.4 is 4.74 Å². The van der Waals surface area contributed by atoms with Crippen LogP contribution in [0.5, 0.6) is 5.75 Å². The summed E-state index contributed by atoms with van der Waals surface area (Å²) in [5.74, 6) is 2.79. The summed E-state index contributed by atoms with van der Waals surface area (Å²) in [6.07, 6.45) is 6.40. The molecule has 1 aromatic carbocycles. The van der Waals surface area contributed by atoms with E-state index in [2.05, 4.69) is 5.92 Å². The molecule has 0 heterocycles. The summed E-state index contributed by atoms with van der Waals surface area (Å²) >= 11 is 0. The summed E-state index contributed by atoms with van der Waals surface area (Å²) in [4.78, 5) is 10.3. The van der Waals surface area contributed by atoms with Gasteiger partial charge in [0.05, 0.1) is 11.5 Å². The Hall–Kier alpha value is -2.02. The first kappa shape index (κ1) is 12.1. The van der Waals surface area contributed by atoms with Crippen molar-refractivity contribution in [3.05, 3.63) is 33.9 Å². The highest BCUT2D eigenvalue weighted by atomic mass is 16.6. The Morgan fingerprint density at radius 2 is 2.31 bits per heavy atom. The van der Waals surface area contributed by atoms with E-state index >= 15 is 0 Å². The van der Waals surface area contributed by atoms with Crippen molar-refractivity contribution in [3.63, 3.8) is 0 Å². The van der Waals surface area contributed by atoms with Gasteiger partial charge < -0.3 is 4.74 Å². The SMILES string of the molecule is C#CCCCOc1ccc(C)cc1[N+](=O)[O-]. The van der Waals surface area contributed by atoms with Crippen LogP contribution in [0.1, 0.15) is 18.4 Å². The lowest BCUT2D eigenvalue weighted by Gasteiger charge is -2.06. The first-order valence-corrected chi connectivity index (χ1v) is 4.96. The van der Waals surface area contributed by atoms with E-state index in [-0.39, 0.29) is 5.69 Å². The van der Waals surface area contributed by atoms with Crippen LogP contribution >= 0.6 is 0 Å². The van der Waals surface area contributed by atoms with Crippen molar-refractivity contribution >= 4 is 5.69 Å². The Kier molecular flexibility index (Phi) is 4.34. The number of nitrogens with zero attached hydrogens (tertiary/aromatic N) is 1. The predicted molar refractivity (Wildman–Crippen MR) is 61.4 cm³/mol. The molecule has 0 radical (unpaired) electrons. The van der Waals surface area contributed by atoms with Gasteiger partial charge in [0.25, 0.3) is 0 Å². The molecular weight excluding hydrogens is 206 g/mol. The molecule has 0 N–H and O–H groups in total. The zero-order chi connectivity index (χ0) is 12.0. The lowest BCUT2D eigenvalue weighted by molar-refractivity contribution is -0.385. The minimum absolute atomic E-state index is 0.000655. The Balaban J connectivity index is 2.72. The lowest BCUT2D eigenvalue weighted by Crippen LogP contribution is -2.00. The van der Waals surface area contributed by atoms with Gasteiger partial charge in [-0.2, -0.15) is 0 Å². The largest absolute Gasteiger partial charge is 0.487 e. The maximum atomic E-state index is 10.8. The van der Waals surface area contributed by atoms with Crippen LogP contribution in [0.4, 0.5) is 5.69 Å². The smallest absolute Gasteiger partial charge is 0.311 e. The molecule has 4 heteroatoms. The summed E-state index contributed by atoms with van der Waals surface area (Å²) in [5.41, 5.74) is 0.836. The predicted octanol–water partition coefficient (Wildman–Crippen LogP) is 2.70. The summed E-state index contributed by atoms with van der Waals surface area (Å²) < 4.78 is 5.32. The highest BCUT2D eigenvalue weighted by Crippen LogP contribution is 2.27. The van der Waals surface area contributed by atoms with Crippen LogP contribution in [0.2, 0.25) is 0 Å². The fourth-order valence-corrected chi connectivity index (χ4v) is 1.25. The molecule has 0 amide bonds. The van der Waals surface area contributed by atoms with Gasteiger partial charge in [0.1, 0.15) is 0 Å². The molecule has 0 saturated carbocycles. The van der Waals surface area contributed by atoms with Gasteiger partial charge >= 0.3 is 5.69 Å². The third kappa shape index (κ3) is 3.28. The van der Waals surface area contributed by atoms with Gasteiger partial charge in [-0.3, -0.25) is 10.1 Å². The second-order valence-electron chi connectivity index (χ2n) is 3.38. The number of rotatable bonds is 5. The minimum atomic E-state index is -0.441. The van der Waals surface area contributed by atoms with Gasteiger partial charge in [-0.25, -0.2) is 0 Å². The molecule has 4 nitrogen and oxygen atoms in total. The van der Waals surface area contributed by atoms with Crippen LogP contribution in [0.15, 0.2) is 18.2 Å². The molecule has 0 aliphatic rings. The van der Waals surface area contributed by atoms with E-state index in [4.69, 9.17) is 11.2 Å². The lowest BCUT2D eigenvalue weighted by atomic mass is 10.2. The monoisotopic (exact) mass is 219 g/mol. The maximum absolute atomic E-state index is 10.8. The standard InChI is InChI=1S/C12H13NO3/c1-3-4-5-8-16-12-7-6-10(2)9-11(12)13(14)15/h1,6-7,9H,4-5,8H2,2H3. The summed E-state index contributed by atoms with van der Waals surface area (Å²) in [5, 5.41) is 10.8. The van der Waals surface area contributed by atoms with E-state index in [1.807, 2.05) is 0 Å². The van der Waals surface area contributed by atoms with E-state index in [9.17, 15) is 10.1 Å². The highest BCUT2D eigenvalue weighted by molar-refractivity contribution is 5.48. The zero-order valence-corrected chi connectivity index (χ0v) is 9.10. The number of nitro groups is 1. The van der Waals surface area contributed by atoms with Gasteiger partial charge in [-0.15, -0.1) is 12.3 Å². The highest BCUT2D eigenvalue weighted by Gasteiger charge is 2.14. The van der Waals surface area contributed by atoms with Gasteiger partial charge in [-0.05, 0) is 25.0 Å². The fourth-order valence-electron chi connectivity index (χ4n) is 1.25. The van der Waals surface area contributed by atoms with Crippen molar-refractivity contribution in [2.75, 3.05) is 6.61 Å². The first-order chi connectivity index (χ1) is 7.65. The van der Waals surface area contributed by atoms with Crippen LogP contribution in [0.3, 0.4) is 0 Å². The normalized spacial score (nSPS) is 9.50. The second kappa shape index (κ2) is 5.76.